The van der Waals surface area contributed by atoms with E-state index in [-0.39, 0.29) is 0 Å². The Morgan fingerprint density at radius 2 is 2.58 bits per heavy atom. The third-order valence-electron chi connectivity index (χ3n) is 1.71. The van der Waals surface area contributed by atoms with Crippen LogP contribution in [0.3, 0.4) is 0 Å². The summed E-state index contributed by atoms with van der Waals surface area (Å²) in [5, 5.41) is 11.4. The fourth-order valence-electron chi connectivity index (χ4n) is 1.09. The number of aliphatic carboxylic acids is 1. The molecule has 1 heterocycles. The summed E-state index contributed by atoms with van der Waals surface area (Å²) < 4.78 is 5.13. The predicted octanol–water partition coefficient (Wildman–Crippen LogP) is 0.00570. The molecule has 0 aliphatic carbocycles. The van der Waals surface area contributed by atoms with Crippen molar-refractivity contribution >= 4 is 5.97 Å². The smallest absolute Gasteiger partial charge is 0.328 e. The molecule has 0 unspecified atom stereocenters. The van der Waals surface area contributed by atoms with E-state index in [2.05, 4.69) is 5.32 Å². The highest BCUT2D eigenvalue weighted by molar-refractivity contribution is 5.79. The van der Waals surface area contributed by atoms with Gasteiger partial charge in [0.05, 0.1) is 6.61 Å². The van der Waals surface area contributed by atoms with Gasteiger partial charge in [0.15, 0.2) is 0 Å². The molecule has 4 heteroatoms. The Morgan fingerprint density at radius 3 is 3.17 bits per heavy atom. The maximum atomic E-state index is 10.1. The second kappa shape index (κ2) is 4.90. The van der Waals surface area contributed by atoms with Gasteiger partial charge in [-0.3, -0.25) is 0 Å². The van der Waals surface area contributed by atoms with Gasteiger partial charge in [-0.2, -0.15) is 0 Å². The molecule has 0 aromatic rings. The minimum atomic E-state index is -0.903. The lowest BCUT2D eigenvalue weighted by Gasteiger charge is -2.06. The number of rotatable bonds is 4. The Hall–Kier alpha value is -0.870. The van der Waals surface area contributed by atoms with Crippen molar-refractivity contribution in [3.63, 3.8) is 0 Å². The van der Waals surface area contributed by atoms with Crippen molar-refractivity contribution in [3.8, 4) is 0 Å². The maximum absolute atomic E-state index is 10.1. The number of hydrogen-bond acceptors (Lipinski definition) is 3. The van der Waals surface area contributed by atoms with Crippen LogP contribution in [-0.2, 0) is 9.53 Å². The highest BCUT2D eigenvalue weighted by Gasteiger charge is 2.13. The number of carboxylic acids is 1. The maximum Gasteiger partial charge on any atom is 0.328 e. The van der Waals surface area contributed by atoms with Gasteiger partial charge in [-0.1, -0.05) is 6.08 Å². The van der Waals surface area contributed by atoms with E-state index in [1.807, 2.05) is 0 Å². The fraction of sp³-hybridized carbons (Fsp3) is 0.625. The summed E-state index contributed by atoms with van der Waals surface area (Å²) >= 11 is 0. The quantitative estimate of drug-likeness (QED) is 0.585. The lowest BCUT2D eigenvalue weighted by molar-refractivity contribution is -0.131. The van der Waals surface area contributed by atoms with Crippen LogP contribution < -0.4 is 5.32 Å². The van der Waals surface area contributed by atoms with Gasteiger partial charge in [0.1, 0.15) is 0 Å². The zero-order chi connectivity index (χ0) is 8.81. The summed E-state index contributed by atoms with van der Waals surface area (Å²) in [7, 11) is 0. The lowest BCUT2D eigenvalue weighted by atomic mass is 10.2. The van der Waals surface area contributed by atoms with Crippen LogP contribution in [-0.4, -0.2) is 36.9 Å². The second-order valence-corrected chi connectivity index (χ2v) is 2.71. The van der Waals surface area contributed by atoms with Crippen LogP contribution in [0.5, 0.6) is 0 Å². The predicted molar refractivity (Wildman–Crippen MR) is 44.0 cm³/mol. The SMILES string of the molecule is O=C(O)/C=C/CN[C@H]1CCOC1. The van der Waals surface area contributed by atoms with E-state index in [0.29, 0.717) is 12.6 Å². The van der Waals surface area contributed by atoms with Gasteiger partial charge in [-0.25, -0.2) is 4.79 Å². The van der Waals surface area contributed by atoms with Gasteiger partial charge in [0, 0.05) is 25.3 Å². The summed E-state index contributed by atoms with van der Waals surface area (Å²) in [4.78, 5) is 10.1. The van der Waals surface area contributed by atoms with Crippen LogP contribution in [0.4, 0.5) is 0 Å². The van der Waals surface area contributed by atoms with Gasteiger partial charge >= 0.3 is 5.97 Å². The largest absolute Gasteiger partial charge is 0.478 e. The Balaban J connectivity index is 2.05. The van der Waals surface area contributed by atoms with E-state index in [1.54, 1.807) is 6.08 Å². The molecule has 0 aromatic carbocycles. The van der Waals surface area contributed by atoms with E-state index >= 15 is 0 Å². The van der Waals surface area contributed by atoms with Crippen molar-refractivity contribution in [1.82, 2.24) is 5.32 Å². The van der Waals surface area contributed by atoms with Crippen LogP contribution in [0.25, 0.3) is 0 Å². The third-order valence-corrected chi connectivity index (χ3v) is 1.71. The van der Waals surface area contributed by atoms with E-state index in [9.17, 15) is 4.79 Å². The van der Waals surface area contributed by atoms with Crippen LogP contribution in [0.2, 0.25) is 0 Å². The Kier molecular flexibility index (Phi) is 3.76. The van der Waals surface area contributed by atoms with Crippen molar-refractivity contribution in [2.75, 3.05) is 19.8 Å². The first-order chi connectivity index (χ1) is 5.79. The molecule has 12 heavy (non-hydrogen) atoms. The molecule has 1 atom stereocenters. The number of carbonyl (C=O) groups is 1. The molecule has 4 nitrogen and oxygen atoms in total. The van der Waals surface area contributed by atoms with Crippen molar-refractivity contribution in [1.29, 1.82) is 0 Å². The summed E-state index contributed by atoms with van der Waals surface area (Å²) in [6, 6.07) is 0.392. The molecule has 1 aliphatic rings. The first-order valence-corrected chi connectivity index (χ1v) is 3.99. The van der Waals surface area contributed by atoms with E-state index in [4.69, 9.17) is 9.84 Å². The third kappa shape index (κ3) is 3.50. The van der Waals surface area contributed by atoms with Crippen molar-refractivity contribution in [2.24, 2.45) is 0 Å². The Morgan fingerprint density at radius 1 is 1.75 bits per heavy atom. The summed E-state index contributed by atoms with van der Waals surface area (Å²) in [6.45, 7) is 2.14. The van der Waals surface area contributed by atoms with Gasteiger partial charge in [-0.15, -0.1) is 0 Å². The molecular weight excluding hydrogens is 158 g/mol. The fourth-order valence-corrected chi connectivity index (χ4v) is 1.09. The molecule has 68 valence electrons. The first-order valence-electron chi connectivity index (χ1n) is 3.99. The molecule has 0 spiro atoms. The molecule has 1 fully saturated rings. The van der Waals surface area contributed by atoms with E-state index in [0.717, 1.165) is 25.7 Å². The monoisotopic (exact) mass is 171 g/mol. The average Bonchev–Trinajstić information content (AvgIpc) is 2.49. The Labute approximate surface area is 71.2 Å². The molecule has 1 aliphatic heterocycles. The topological polar surface area (TPSA) is 58.6 Å². The zero-order valence-electron chi connectivity index (χ0n) is 6.82. The van der Waals surface area contributed by atoms with Gasteiger partial charge in [0.25, 0.3) is 0 Å². The van der Waals surface area contributed by atoms with Crippen molar-refractivity contribution < 1.29 is 14.6 Å². The molecule has 0 amide bonds. The molecule has 0 aromatic heterocycles. The highest BCUT2D eigenvalue weighted by atomic mass is 16.5. The highest BCUT2D eigenvalue weighted by Crippen LogP contribution is 2.02. The number of carboxylic acid groups (broad SMARTS) is 1. The Bertz CT molecular complexity index is 173. The number of nitrogens with one attached hydrogen (secondary N) is 1. The number of ether oxygens (including phenoxy) is 1. The molecule has 2 N–H and O–H groups in total. The van der Waals surface area contributed by atoms with Crippen molar-refractivity contribution in [3.05, 3.63) is 12.2 Å². The minimum absolute atomic E-state index is 0.392. The van der Waals surface area contributed by atoms with Crippen LogP contribution >= 0.6 is 0 Å². The minimum Gasteiger partial charge on any atom is -0.478 e. The van der Waals surface area contributed by atoms with E-state index in [1.165, 1.54) is 0 Å². The number of hydrogen-bond donors (Lipinski definition) is 2. The summed E-state index contributed by atoms with van der Waals surface area (Å²) in [6.07, 6.45) is 3.75. The zero-order valence-corrected chi connectivity index (χ0v) is 6.82. The lowest BCUT2D eigenvalue weighted by Crippen LogP contribution is -2.29. The van der Waals surface area contributed by atoms with Gasteiger partial charge in [0.2, 0.25) is 0 Å². The van der Waals surface area contributed by atoms with E-state index < -0.39 is 5.97 Å². The molecule has 0 saturated carbocycles. The summed E-state index contributed by atoms with van der Waals surface area (Å²) in [5.41, 5.74) is 0. The van der Waals surface area contributed by atoms with Crippen molar-refractivity contribution in [2.45, 2.75) is 12.5 Å². The molecule has 1 saturated heterocycles. The molecule has 0 bridgehead atoms. The van der Waals surface area contributed by atoms with Crippen LogP contribution in [0.1, 0.15) is 6.42 Å². The normalized spacial score (nSPS) is 23.5. The molecular formula is C8H13NO3. The first kappa shape index (κ1) is 9.22. The standard InChI is InChI=1S/C8H13NO3/c10-8(11)2-1-4-9-7-3-5-12-6-7/h1-2,7,9H,3-6H2,(H,10,11)/b2-1+/t7-/m0/s1. The molecule has 0 radical (unpaired) electrons. The van der Waals surface area contributed by atoms with Crippen LogP contribution in [0.15, 0.2) is 12.2 Å². The van der Waals surface area contributed by atoms with Crippen LogP contribution in [0, 0.1) is 0 Å². The average molecular weight is 171 g/mol. The second-order valence-electron chi connectivity index (χ2n) is 2.71. The van der Waals surface area contributed by atoms with Gasteiger partial charge < -0.3 is 15.2 Å². The molecule has 1 rings (SSSR count). The van der Waals surface area contributed by atoms with Gasteiger partial charge in [-0.05, 0) is 6.42 Å². The summed E-state index contributed by atoms with van der Waals surface area (Å²) in [5.74, 6) is -0.903.